The fraction of sp³-hybridized carbons (Fsp3) is 0.553. The summed E-state index contributed by atoms with van der Waals surface area (Å²) in [7, 11) is 3.67. The summed E-state index contributed by atoms with van der Waals surface area (Å²) in [6.07, 6.45) is 1.24. The second-order valence-electron chi connectivity index (χ2n) is 16.4. The fourth-order valence-corrected chi connectivity index (χ4v) is 8.76. The molecule has 2 bridgehead atoms. The topological polar surface area (TPSA) is 131 Å². The highest BCUT2D eigenvalue weighted by molar-refractivity contribution is 7.22. The summed E-state index contributed by atoms with van der Waals surface area (Å²) in [6, 6.07) is 3.91. The third-order valence-electron chi connectivity index (χ3n) is 9.99. The molecule has 4 aromatic rings. The van der Waals surface area contributed by atoms with E-state index < -0.39 is 28.9 Å². The first kappa shape index (κ1) is 39.1. The molecule has 1 N–H and O–H groups in total. The number of hydrogen-bond donors (Lipinski definition) is 1. The van der Waals surface area contributed by atoms with Gasteiger partial charge in [-0.05, 0) is 86.1 Å². The maximum atomic E-state index is 17.2. The zero-order chi connectivity index (χ0) is 39.6. The number of hydrogen-bond acceptors (Lipinski definition) is 12. The Morgan fingerprint density at radius 2 is 1.67 bits per heavy atom. The summed E-state index contributed by atoms with van der Waals surface area (Å²) >= 11 is 7.84. The first-order valence-electron chi connectivity index (χ1n) is 18.3. The Labute approximate surface area is 327 Å². The number of piperazine rings is 1. The molecule has 3 saturated heterocycles. The van der Waals surface area contributed by atoms with Gasteiger partial charge in [0.2, 0.25) is 0 Å². The molecule has 5 heterocycles. The van der Waals surface area contributed by atoms with Crippen LogP contribution < -0.4 is 15.0 Å². The van der Waals surface area contributed by atoms with E-state index in [2.05, 4.69) is 20.2 Å². The van der Waals surface area contributed by atoms with Crippen molar-refractivity contribution in [2.24, 2.45) is 0 Å². The van der Waals surface area contributed by atoms with Crippen molar-refractivity contribution in [3.8, 4) is 17.1 Å². The highest BCUT2D eigenvalue weighted by Gasteiger charge is 2.45. The molecule has 7 rings (SSSR count). The average Bonchev–Trinajstić information content (AvgIpc) is 3.75. The first-order valence-corrected chi connectivity index (χ1v) is 19.5. The number of rotatable bonds is 7. The molecule has 0 aliphatic carbocycles. The number of benzene rings is 2. The van der Waals surface area contributed by atoms with Gasteiger partial charge >= 0.3 is 18.2 Å². The zero-order valence-corrected chi connectivity index (χ0v) is 33.7. The van der Waals surface area contributed by atoms with E-state index >= 15 is 8.78 Å². The van der Waals surface area contributed by atoms with Crippen molar-refractivity contribution in [3.63, 3.8) is 0 Å². The van der Waals surface area contributed by atoms with E-state index in [4.69, 9.17) is 35.5 Å². The second kappa shape index (κ2) is 14.8. The lowest BCUT2D eigenvalue weighted by molar-refractivity contribution is 0.0122. The number of ether oxygens (including phenoxy) is 4. The molecule has 3 aliphatic heterocycles. The van der Waals surface area contributed by atoms with Crippen molar-refractivity contribution < 1.29 is 37.3 Å². The van der Waals surface area contributed by atoms with Crippen molar-refractivity contribution in [2.45, 2.75) is 96.2 Å². The molecule has 0 spiro atoms. The van der Waals surface area contributed by atoms with Crippen molar-refractivity contribution in [1.82, 2.24) is 24.8 Å². The van der Waals surface area contributed by atoms with Gasteiger partial charge in [-0.25, -0.2) is 23.4 Å². The Hall–Kier alpha value is -4.12. The smallest absolute Gasteiger partial charge is 0.413 e. The number of thiazole rings is 1. The molecule has 0 saturated carbocycles. The van der Waals surface area contributed by atoms with Gasteiger partial charge in [0, 0.05) is 49.3 Å². The Bertz CT molecular complexity index is 2130. The Kier molecular flexibility index (Phi) is 10.5. The highest BCUT2D eigenvalue weighted by Crippen LogP contribution is 2.44. The van der Waals surface area contributed by atoms with Crippen LogP contribution in [0.5, 0.6) is 6.01 Å². The van der Waals surface area contributed by atoms with E-state index in [0.29, 0.717) is 24.3 Å². The van der Waals surface area contributed by atoms with Gasteiger partial charge in [0.05, 0.1) is 33.4 Å². The van der Waals surface area contributed by atoms with Gasteiger partial charge in [-0.2, -0.15) is 9.97 Å². The van der Waals surface area contributed by atoms with Crippen LogP contribution in [0.2, 0.25) is 5.02 Å². The second-order valence-corrected chi connectivity index (χ2v) is 17.8. The van der Waals surface area contributed by atoms with Crippen LogP contribution in [0.1, 0.15) is 60.8 Å². The fourth-order valence-electron chi connectivity index (χ4n) is 7.59. The molecular weight excluding hydrogens is 756 g/mol. The van der Waals surface area contributed by atoms with Crippen LogP contribution in [0.3, 0.4) is 0 Å². The summed E-state index contributed by atoms with van der Waals surface area (Å²) in [5.41, 5.74) is -1.19. The SMILES string of the molecule is CO[C@@H]1C[C@@H](COc2nc(N3CC4CCC(C3)N4C(=O)OC(C)(C)C)c3cc(Cl)c(-c4ccc(F)c5sc(NC(=O)OC(C)(C)C)nc45)c(F)c3n2)N(C)C1. The van der Waals surface area contributed by atoms with E-state index in [9.17, 15) is 9.59 Å². The van der Waals surface area contributed by atoms with Crippen LogP contribution in [0.4, 0.5) is 29.3 Å². The molecule has 2 aromatic carbocycles. The lowest BCUT2D eigenvalue weighted by Crippen LogP contribution is -2.57. The number of amides is 2. The van der Waals surface area contributed by atoms with E-state index in [0.717, 1.165) is 37.1 Å². The number of halogens is 3. The number of carbonyl (C=O) groups is 2. The number of nitrogens with zero attached hydrogens (tertiary/aromatic N) is 6. The van der Waals surface area contributed by atoms with Gasteiger partial charge in [0.25, 0.3) is 0 Å². The number of methoxy groups -OCH3 is 1. The summed E-state index contributed by atoms with van der Waals surface area (Å²) in [5.74, 6) is -0.949. The molecular formula is C38H46ClF2N7O6S. The van der Waals surface area contributed by atoms with Crippen molar-refractivity contribution >= 4 is 67.2 Å². The number of nitrogens with one attached hydrogen (secondary N) is 1. The summed E-state index contributed by atoms with van der Waals surface area (Å²) in [4.78, 5) is 45.7. The third kappa shape index (κ3) is 8.09. The summed E-state index contributed by atoms with van der Waals surface area (Å²) < 4.78 is 55.4. The number of likely N-dealkylation sites (tertiary alicyclic amines) is 1. The molecule has 4 atom stereocenters. The van der Waals surface area contributed by atoms with Crippen LogP contribution in [0.15, 0.2) is 18.2 Å². The lowest BCUT2D eigenvalue weighted by atomic mass is 10.0. The van der Waals surface area contributed by atoms with Crippen LogP contribution in [-0.4, -0.2) is 113 Å². The van der Waals surface area contributed by atoms with E-state index in [1.807, 2.05) is 37.6 Å². The molecule has 55 heavy (non-hydrogen) atoms. The van der Waals surface area contributed by atoms with E-state index in [1.54, 1.807) is 33.9 Å². The first-order chi connectivity index (χ1) is 25.9. The summed E-state index contributed by atoms with van der Waals surface area (Å²) in [5, 5.41) is 3.00. The zero-order valence-electron chi connectivity index (χ0n) is 32.2. The van der Waals surface area contributed by atoms with Crippen LogP contribution in [0.25, 0.3) is 32.2 Å². The molecule has 2 amide bonds. The number of aromatic nitrogens is 3. The Balaban J connectivity index is 1.29. The quantitative estimate of drug-likeness (QED) is 0.196. The van der Waals surface area contributed by atoms with Gasteiger partial charge in [-0.3, -0.25) is 15.1 Å². The predicted molar refractivity (Wildman–Crippen MR) is 207 cm³/mol. The van der Waals surface area contributed by atoms with Crippen LogP contribution in [0, 0.1) is 11.6 Å². The maximum Gasteiger partial charge on any atom is 0.413 e. The van der Waals surface area contributed by atoms with Gasteiger partial charge in [0.1, 0.15) is 35.0 Å². The van der Waals surface area contributed by atoms with E-state index in [-0.39, 0.29) is 80.0 Å². The molecule has 0 radical (unpaired) electrons. The standard InChI is InChI=1S/C38H46ClF2N7O6S/c1-37(2,3)53-35(49)45-34-43-30-23(11-12-26(40)31(30)55-34)27-25(39)14-24-29(28(27)41)42-33(52-18-21-13-22(51-8)17-46(21)7)44-32(24)47-15-19-9-10-20(16-47)48(19)36(50)54-38(4,5)6/h11-12,14,19-22H,9-10,13,15-18H2,1-8H3,(H,43,45,49)/t19?,20?,21-,22+/m0/s1. The molecule has 17 heteroatoms. The van der Waals surface area contributed by atoms with Gasteiger partial charge in [-0.1, -0.05) is 22.9 Å². The molecule has 296 valence electrons. The molecule has 3 fully saturated rings. The van der Waals surface area contributed by atoms with Crippen LogP contribution in [-0.2, 0) is 14.2 Å². The summed E-state index contributed by atoms with van der Waals surface area (Å²) in [6.45, 7) is 12.5. The van der Waals surface area contributed by atoms with E-state index in [1.165, 1.54) is 12.1 Å². The molecule has 3 aliphatic rings. The minimum Gasteiger partial charge on any atom is -0.462 e. The largest absolute Gasteiger partial charge is 0.462 e. The predicted octanol–water partition coefficient (Wildman–Crippen LogP) is 7.87. The minimum atomic E-state index is -0.772. The Morgan fingerprint density at radius 3 is 2.31 bits per heavy atom. The van der Waals surface area contributed by atoms with Crippen molar-refractivity contribution in [1.29, 1.82) is 0 Å². The third-order valence-corrected chi connectivity index (χ3v) is 11.3. The average molecular weight is 802 g/mol. The molecule has 2 aromatic heterocycles. The number of likely N-dealkylation sites (N-methyl/N-ethyl adjacent to an activating group) is 1. The molecule has 2 unspecified atom stereocenters. The number of anilines is 2. The minimum absolute atomic E-state index is 0.0205. The number of carbonyl (C=O) groups excluding carboxylic acids is 2. The van der Waals surface area contributed by atoms with Crippen molar-refractivity contribution in [2.75, 3.05) is 50.6 Å². The van der Waals surface area contributed by atoms with Gasteiger partial charge < -0.3 is 23.8 Å². The lowest BCUT2D eigenvalue weighted by Gasteiger charge is -2.42. The van der Waals surface area contributed by atoms with Gasteiger partial charge in [-0.15, -0.1) is 0 Å². The van der Waals surface area contributed by atoms with Crippen molar-refractivity contribution in [3.05, 3.63) is 34.9 Å². The monoisotopic (exact) mass is 801 g/mol. The van der Waals surface area contributed by atoms with Gasteiger partial charge in [0.15, 0.2) is 10.9 Å². The van der Waals surface area contributed by atoms with Crippen LogP contribution >= 0.6 is 22.9 Å². The highest BCUT2D eigenvalue weighted by atomic mass is 35.5. The molecule has 13 nitrogen and oxygen atoms in total. The maximum absolute atomic E-state index is 17.2. The normalized spacial score (nSPS) is 21.8. The number of fused-ring (bicyclic) bond motifs is 4. The Morgan fingerprint density at radius 1 is 0.982 bits per heavy atom.